The molecule has 3 N–H and O–H groups in total. The van der Waals surface area contributed by atoms with Crippen LogP contribution in [0.2, 0.25) is 0 Å². The highest BCUT2D eigenvalue weighted by Crippen LogP contribution is 2.23. The van der Waals surface area contributed by atoms with Gasteiger partial charge in [-0.2, -0.15) is 0 Å². The number of carbonyl (C=O) groups is 1. The van der Waals surface area contributed by atoms with Crippen molar-refractivity contribution in [3.05, 3.63) is 35.4 Å². The number of aliphatic carboxylic acids is 1. The molecule has 0 spiro atoms. The summed E-state index contributed by atoms with van der Waals surface area (Å²) in [7, 11) is 0. The lowest BCUT2D eigenvalue weighted by Gasteiger charge is -2.20. The van der Waals surface area contributed by atoms with Crippen molar-refractivity contribution in [1.82, 2.24) is 4.90 Å². The number of nitrogens with two attached hydrogens (primary N) is 1. The van der Waals surface area contributed by atoms with E-state index in [-0.39, 0.29) is 12.5 Å². The Morgan fingerprint density at radius 1 is 1.32 bits per heavy atom. The highest BCUT2D eigenvalue weighted by molar-refractivity contribution is 5.66. The third-order valence-electron chi connectivity index (χ3n) is 3.72. The first kappa shape index (κ1) is 14.0. The van der Waals surface area contributed by atoms with E-state index in [0.29, 0.717) is 6.42 Å². The fourth-order valence-electron chi connectivity index (χ4n) is 2.66. The monoisotopic (exact) mass is 262 g/mol. The zero-order valence-electron chi connectivity index (χ0n) is 11.2. The average Bonchev–Trinajstić information content (AvgIpc) is 2.89. The SMILES string of the molecule is NC(CCC(=O)O)c1ccccc1CN1CCCC1. The van der Waals surface area contributed by atoms with Crippen LogP contribution in [-0.2, 0) is 11.3 Å². The fourth-order valence-corrected chi connectivity index (χ4v) is 2.66. The van der Waals surface area contributed by atoms with Crippen LogP contribution in [0.3, 0.4) is 0 Å². The zero-order valence-corrected chi connectivity index (χ0v) is 11.2. The topological polar surface area (TPSA) is 66.6 Å². The Labute approximate surface area is 114 Å². The molecule has 1 heterocycles. The Kier molecular flexibility index (Phi) is 4.93. The highest BCUT2D eigenvalue weighted by atomic mass is 16.4. The van der Waals surface area contributed by atoms with E-state index in [0.717, 1.165) is 25.2 Å². The van der Waals surface area contributed by atoms with E-state index in [9.17, 15) is 4.79 Å². The Bertz CT molecular complexity index is 428. The normalized spacial score (nSPS) is 17.5. The fraction of sp³-hybridized carbons (Fsp3) is 0.533. The number of nitrogens with zero attached hydrogens (tertiary/aromatic N) is 1. The van der Waals surface area contributed by atoms with Gasteiger partial charge in [0.2, 0.25) is 0 Å². The molecule has 0 bridgehead atoms. The average molecular weight is 262 g/mol. The quantitative estimate of drug-likeness (QED) is 0.824. The third kappa shape index (κ3) is 4.04. The number of likely N-dealkylation sites (tertiary alicyclic amines) is 1. The van der Waals surface area contributed by atoms with E-state index in [2.05, 4.69) is 11.0 Å². The van der Waals surface area contributed by atoms with Crippen LogP contribution in [-0.4, -0.2) is 29.1 Å². The number of carboxylic acid groups (broad SMARTS) is 1. The van der Waals surface area contributed by atoms with Crippen LogP contribution in [0.15, 0.2) is 24.3 Å². The lowest BCUT2D eigenvalue weighted by molar-refractivity contribution is -0.137. The van der Waals surface area contributed by atoms with Gasteiger partial charge in [0.15, 0.2) is 0 Å². The lowest BCUT2D eigenvalue weighted by Crippen LogP contribution is -2.21. The van der Waals surface area contributed by atoms with Crippen LogP contribution in [0, 0.1) is 0 Å². The summed E-state index contributed by atoms with van der Waals surface area (Å²) >= 11 is 0. The molecule has 2 rings (SSSR count). The van der Waals surface area contributed by atoms with Crippen LogP contribution in [0.5, 0.6) is 0 Å². The summed E-state index contributed by atoms with van der Waals surface area (Å²) < 4.78 is 0. The second-order valence-electron chi connectivity index (χ2n) is 5.22. The van der Waals surface area contributed by atoms with E-state index in [1.165, 1.54) is 18.4 Å². The molecule has 1 aromatic carbocycles. The highest BCUT2D eigenvalue weighted by Gasteiger charge is 2.16. The second-order valence-corrected chi connectivity index (χ2v) is 5.22. The Hall–Kier alpha value is -1.39. The summed E-state index contributed by atoms with van der Waals surface area (Å²) in [6.45, 7) is 3.23. The van der Waals surface area contributed by atoms with Crippen molar-refractivity contribution in [1.29, 1.82) is 0 Å². The van der Waals surface area contributed by atoms with Crippen molar-refractivity contribution in [3.63, 3.8) is 0 Å². The van der Waals surface area contributed by atoms with Crippen LogP contribution >= 0.6 is 0 Å². The van der Waals surface area contributed by atoms with E-state index in [4.69, 9.17) is 10.8 Å². The number of hydrogen-bond acceptors (Lipinski definition) is 3. The molecule has 1 aromatic rings. The van der Waals surface area contributed by atoms with Gasteiger partial charge < -0.3 is 10.8 Å². The molecule has 1 fully saturated rings. The van der Waals surface area contributed by atoms with E-state index < -0.39 is 5.97 Å². The molecule has 1 aliphatic heterocycles. The molecule has 0 amide bonds. The van der Waals surface area contributed by atoms with Crippen molar-refractivity contribution >= 4 is 5.97 Å². The van der Waals surface area contributed by atoms with Gasteiger partial charge in [0.05, 0.1) is 0 Å². The number of rotatable bonds is 6. The summed E-state index contributed by atoms with van der Waals surface area (Å²) in [5.41, 5.74) is 8.47. The van der Waals surface area contributed by atoms with Gasteiger partial charge >= 0.3 is 5.97 Å². The van der Waals surface area contributed by atoms with Gasteiger partial charge in [-0.15, -0.1) is 0 Å². The van der Waals surface area contributed by atoms with Crippen LogP contribution in [0.4, 0.5) is 0 Å². The number of hydrogen-bond donors (Lipinski definition) is 2. The van der Waals surface area contributed by atoms with Gasteiger partial charge in [-0.1, -0.05) is 24.3 Å². The Morgan fingerprint density at radius 3 is 2.68 bits per heavy atom. The Morgan fingerprint density at radius 2 is 2.00 bits per heavy atom. The van der Waals surface area contributed by atoms with Crippen LogP contribution in [0.25, 0.3) is 0 Å². The zero-order chi connectivity index (χ0) is 13.7. The molecule has 104 valence electrons. The maximum atomic E-state index is 10.6. The number of carboxylic acids is 1. The predicted octanol–water partition coefficient (Wildman–Crippen LogP) is 2.15. The minimum Gasteiger partial charge on any atom is -0.481 e. The molecule has 1 unspecified atom stereocenters. The van der Waals surface area contributed by atoms with Crippen molar-refractivity contribution in [3.8, 4) is 0 Å². The maximum absolute atomic E-state index is 10.6. The summed E-state index contributed by atoms with van der Waals surface area (Å²) in [6, 6.07) is 7.95. The van der Waals surface area contributed by atoms with Gasteiger partial charge in [0.1, 0.15) is 0 Å². The molecule has 0 saturated carbocycles. The lowest BCUT2D eigenvalue weighted by atomic mass is 9.97. The second kappa shape index (κ2) is 6.68. The van der Waals surface area contributed by atoms with E-state index >= 15 is 0 Å². The molecule has 1 atom stereocenters. The minimum atomic E-state index is -0.785. The molecule has 4 heteroatoms. The van der Waals surface area contributed by atoms with Crippen molar-refractivity contribution in [2.24, 2.45) is 5.73 Å². The van der Waals surface area contributed by atoms with Gasteiger partial charge in [-0.05, 0) is 43.5 Å². The third-order valence-corrected chi connectivity index (χ3v) is 3.72. The molecule has 0 aromatic heterocycles. The largest absolute Gasteiger partial charge is 0.481 e. The van der Waals surface area contributed by atoms with Crippen molar-refractivity contribution < 1.29 is 9.90 Å². The van der Waals surface area contributed by atoms with Gasteiger partial charge in [0, 0.05) is 19.0 Å². The Balaban J connectivity index is 2.04. The van der Waals surface area contributed by atoms with E-state index in [1.54, 1.807) is 0 Å². The van der Waals surface area contributed by atoms with Crippen molar-refractivity contribution in [2.45, 2.75) is 38.3 Å². The molecule has 0 radical (unpaired) electrons. The molecular weight excluding hydrogens is 240 g/mol. The molecular formula is C15H22N2O2. The van der Waals surface area contributed by atoms with Crippen molar-refractivity contribution in [2.75, 3.05) is 13.1 Å². The van der Waals surface area contributed by atoms with Gasteiger partial charge in [0.25, 0.3) is 0 Å². The summed E-state index contributed by atoms with van der Waals surface area (Å²) in [5, 5.41) is 8.74. The standard InChI is InChI=1S/C15H22N2O2/c16-14(7-8-15(18)19)13-6-2-1-5-12(13)11-17-9-3-4-10-17/h1-2,5-6,14H,3-4,7-11,16H2,(H,18,19). The summed E-state index contributed by atoms with van der Waals surface area (Å²) in [4.78, 5) is 13.1. The first-order chi connectivity index (χ1) is 9.16. The smallest absolute Gasteiger partial charge is 0.303 e. The summed E-state index contributed by atoms with van der Waals surface area (Å²) in [6.07, 6.45) is 3.16. The predicted molar refractivity (Wildman–Crippen MR) is 74.8 cm³/mol. The molecule has 1 aliphatic rings. The van der Waals surface area contributed by atoms with E-state index in [1.807, 2.05) is 18.2 Å². The first-order valence-electron chi connectivity index (χ1n) is 6.94. The molecule has 19 heavy (non-hydrogen) atoms. The number of benzene rings is 1. The van der Waals surface area contributed by atoms with Gasteiger partial charge in [-0.25, -0.2) is 0 Å². The molecule has 0 aliphatic carbocycles. The van der Waals surface area contributed by atoms with Crippen LogP contribution in [0.1, 0.15) is 42.9 Å². The van der Waals surface area contributed by atoms with Crippen LogP contribution < -0.4 is 5.73 Å². The summed E-state index contributed by atoms with van der Waals surface area (Å²) in [5.74, 6) is -0.785. The molecule has 1 saturated heterocycles. The van der Waals surface area contributed by atoms with Gasteiger partial charge in [-0.3, -0.25) is 9.69 Å². The maximum Gasteiger partial charge on any atom is 0.303 e. The molecule has 4 nitrogen and oxygen atoms in total. The minimum absolute atomic E-state index is 0.124. The first-order valence-corrected chi connectivity index (χ1v) is 6.94.